The van der Waals surface area contributed by atoms with Crippen LogP contribution < -0.4 is 0 Å². The van der Waals surface area contributed by atoms with E-state index in [0.29, 0.717) is 6.42 Å². The number of hydrogen-bond acceptors (Lipinski definition) is 2. The molecule has 0 radical (unpaired) electrons. The molecule has 1 aliphatic rings. The summed E-state index contributed by atoms with van der Waals surface area (Å²) in [6.07, 6.45) is 3.59. The smallest absolute Gasteiger partial charge is 0.305 e. The topological polar surface area (TPSA) is 29.3 Å². The van der Waals surface area contributed by atoms with Gasteiger partial charge in [-0.25, -0.2) is 0 Å². The molecule has 3 heteroatoms. The van der Waals surface area contributed by atoms with Gasteiger partial charge in [0.25, 0.3) is 0 Å². The van der Waals surface area contributed by atoms with Gasteiger partial charge < -0.3 is 4.74 Å². The van der Waals surface area contributed by atoms with Crippen molar-refractivity contribution in [2.75, 3.05) is 13.7 Å². The van der Waals surface area contributed by atoms with Crippen molar-refractivity contribution in [3.63, 3.8) is 0 Å². The summed E-state index contributed by atoms with van der Waals surface area (Å²) in [7, 11) is 1.45. The molecule has 0 atom stereocenters. The van der Waals surface area contributed by atoms with Gasteiger partial charge in [0.2, 0.25) is 5.69 Å². The number of carbonyl (C=O) groups is 1. The Labute approximate surface area is 127 Å². The fourth-order valence-electron chi connectivity index (χ4n) is 3.06. The number of rotatable bonds is 6. The Morgan fingerprint density at radius 2 is 1.90 bits per heavy atom. The van der Waals surface area contributed by atoms with Gasteiger partial charge in [0, 0.05) is 31.4 Å². The predicted molar refractivity (Wildman–Crippen MR) is 85.4 cm³/mol. The van der Waals surface area contributed by atoms with Crippen LogP contribution in [0.5, 0.6) is 0 Å². The number of nitrogens with zero attached hydrogens (tertiary/aromatic N) is 1. The quantitative estimate of drug-likeness (QED) is 0.452. The largest absolute Gasteiger partial charge is 0.469 e. The zero-order valence-electron chi connectivity index (χ0n) is 13.6. The van der Waals surface area contributed by atoms with Crippen LogP contribution in [0, 0.1) is 0 Å². The van der Waals surface area contributed by atoms with Crippen LogP contribution in [0.3, 0.4) is 0 Å². The lowest BCUT2D eigenvalue weighted by Gasteiger charge is -2.14. The molecule has 21 heavy (non-hydrogen) atoms. The second kappa shape index (κ2) is 6.42. The lowest BCUT2D eigenvalue weighted by atomic mass is 9.82. The molecule has 0 spiro atoms. The standard InChI is InChI=1S/C18H26NO2/c1-14-18(2,3)15-10-7-8-11-16(15)19(14)13-9-5-6-12-17(20)21-4/h7-8,10-11H,5-6,9,12-13H2,1-4H3/q+1. The summed E-state index contributed by atoms with van der Waals surface area (Å²) in [4.78, 5) is 11.1. The molecule has 0 saturated heterocycles. The first kappa shape index (κ1) is 15.7. The van der Waals surface area contributed by atoms with E-state index in [1.54, 1.807) is 0 Å². The lowest BCUT2D eigenvalue weighted by molar-refractivity contribution is -0.439. The molecule has 0 unspecified atom stereocenters. The van der Waals surface area contributed by atoms with Crippen LogP contribution in [0.4, 0.5) is 5.69 Å². The van der Waals surface area contributed by atoms with Gasteiger partial charge in [-0.2, -0.15) is 4.58 Å². The molecule has 0 fully saturated rings. The molecule has 1 aliphatic heterocycles. The Morgan fingerprint density at radius 3 is 2.62 bits per heavy atom. The van der Waals surface area contributed by atoms with E-state index in [-0.39, 0.29) is 11.4 Å². The average Bonchev–Trinajstić information content (AvgIpc) is 2.67. The Bertz CT molecular complexity index is 558. The van der Waals surface area contributed by atoms with Crippen molar-refractivity contribution in [1.82, 2.24) is 0 Å². The SMILES string of the molecule is COC(=O)CCCCC[N+]1=C(C)C(C)(C)c2ccccc21. The van der Waals surface area contributed by atoms with Crippen LogP contribution >= 0.6 is 0 Å². The van der Waals surface area contributed by atoms with Crippen molar-refractivity contribution >= 4 is 17.4 Å². The summed E-state index contributed by atoms with van der Waals surface area (Å²) in [5.41, 5.74) is 4.28. The first-order chi connectivity index (χ1) is 9.98. The first-order valence-corrected chi connectivity index (χ1v) is 7.76. The van der Waals surface area contributed by atoms with E-state index in [2.05, 4.69) is 54.3 Å². The Hall–Kier alpha value is -1.64. The average molecular weight is 288 g/mol. The van der Waals surface area contributed by atoms with Gasteiger partial charge in [0.05, 0.1) is 12.5 Å². The first-order valence-electron chi connectivity index (χ1n) is 7.76. The number of fused-ring (bicyclic) bond motifs is 1. The molecule has 1 heterocycles. The second-order valence-electron chi connectivity index (χ2n) is 6.27. The second-order valence-corrected chi connectivity index (χ2v) is 6.27. The minimum absolute atomic E-state index is 0.106. The maximum absolute atomic E-state index is 11.1. The summed E-state index contributed by atoms with van der Waals surface area (Å²) in [5, 5.41) is 0. The number of hydrogen-bond donors (Lipinski definition) is 0. The molecule has 0 aliphatic carbocycles. The van der Waals surface area contributed by atoms with Crippen LogP contribution in [-0.4, -0.2) is 29.9 Å². The molecule has 114 valence electrons. The normalized spacial score (nSPS) is 16.0. The molecule has 0 N–H and O–H groups in total. The molecule has 1 aromatic carbocycles. The van der Waals surface area contributed by atoms with Crippen LogP contribution in [0.25, 0.3) is 0 Å². The van der Waals surface area contributed by atoms with Gasteiger partial charge in [-0.3, -0.25) is 4.79 Å². The highest BCUT2D eigenvalue weighted by atomic mass is 16.5. The molecular weight excluding hydrogens is 262 g/mol. The third-order valence-corrected chi connectivity index (χ3v) is 4.67. The minimum Gasteiger partial charge on any atom is -0.469 e. The highest BCUT2D eigenvalue weighted by molar-refractivity contribution is 5.93. The monoisotopic (exact) mass is 288 g/mol. The lowest BCUT2D eigenvalue weighted by Crippen LogP contribution is -2.26. The molecule has 3 nitrogen and oxygen atoms in total. The highest BCUT2D eigenvalue weighted by Crippen LogP contribution is 2.39. The highest BCUT2D eigenvalue weighted by Gasteiger charge is 2.42. The Morgan fingerprint density at radius 1 is 1.19 bits per heavy atom. The number of methoxy groups -OCH3 is 1. The Balaban J connectivity index is 1.97. The predicted octanol–water partition coefficient (Wildman–Crippen LogP) is 3.82. The van der Waals surface area contributed by atoms with E-state index in [1.807, 2.05) is 0 Å². The van der Waals surface area contributed by atoms with Crippen molar-refractivity contribution in [3.05, 3.63) is 29.8 Å². The molecule has 1 aromatic rings. The van der Waals surface area contributed by atoms with E-state index in [9.17, 15) is 4.79 Å². The van der Waals surface area contributed by atoms with E-state index in [1.165, 1.54) is 24.1 Å². The van der Waals surface area contributed by atoms with Crippen LogP contribution in [0.2, 0.25) is 0 Å². The van der Waals surface area contributed by atoms with E-state index in [0.717, 1.165) is 25.8 Å². The molecule has 0 aromatic heterocycles. The zero-order valence-corrected chi connectivity index (χ0v) is 13.6. The molecule has 0 saturated carbocycles. The number of para-hydroxylation sites is 1. The number of esters is 1. The summed E-state index contributed by atoms with van der Waals surface area (Å²) < 4.78 is 7.11. The summed E-state index contributed by atoms with van der Waals surface area (Å²) in [6.45, 7) is 7.83. The number of ether oxygens (including phenoxy) is 1. The van der Waals surface area contributed by atoms with E-state index >= 15 is 0 Å². The summed E-state index contributed by atoms with van der Waals surface area (Å²) >= 11 is 0. The van der Waals surface area contributed by atoms with Crippen LogP contribution in [-0.2, 0) is 14.9 Å². The van der Waals surface area contributed by atoms with Crippen molar-refractivity contribution in [2.45, 2.75) is 51.9 Å². The van der Waals surface area contributed by atoms with Crippen LogP contribution in [0.1, 0.15) is 52.0 Å². The maximum atomic E-state index is 11.1. The fraction of sp³-hybridized carbons (Fsp3) is 0.556. The zero-order chi connectivity index (χ0) is 15.5. The van der Waals surface area contributed by atoms with Gasteiger partial charge >= 0.3 is 5.97 Å². The van der Waals surface area contributed by atoms with Gasteiger partial charge in [0.1, 0.15) is 6.54 Å². The maximum Gasteiger partial charge on any atom is 0.305 e. The van der Waals surface area contributed by atoms with Gasteiger partial charge in [-0.1, -0.05) is 18.2 Å². The Kier molecular flexibility index (Phi) is 4.81. The van der Waals surface area contributed by atoms with Gasteiger partial charge in [-0.05, 0) is 26.7 Å². The van der Waals surface area contributed by atoms with Crippen molar-refractivity contribution in [2.24, 2.45) is 0 Å². The molecular formula is C18H26NO2+. The van der Waals surface area contributed by atoms with Crippen molar-refractivity contribution in [3.8, 4) is 0 Å². The summed E-state index contributed by atoms with van der Waals surface area (Å²) in [6, 6.07) is 8.67. The molecule has 2 rings (SSSR count). The third-order valence-electron chi connectivity index (χ3n) is 4.67. The fourth-order valence-corrected chi connectivity index (χ4v) is 3.06. The van der Waals surface area contributed by atoms with Crippen LogP contribution in [0.15, 0.2) is 24.3 Å². The number of carbonyl (C=O) groups excluding carboxylic acids is 1. The number of benzene rings is 1. The molecule has 0 amide bonds. The third kappa shape index (κ3) is 3.17. The van der Waals surface area contributed by atoms with Gasteiger partial charge in [-0.15, -0.1) is 0 Å². The van der Waals surface area contributed by atoms with E-state index < -0.39 is 0 Å². The van der Waals surface area contributed by atoms with Crippen molar-refractivity contribution < 1.29 is 14.1 Å². The van der Waals surface area contributed by atoms with E-state index in [4.69, 9.17) is 0 Å². The minimum atomic E-state index is -0.106. The summed E-state index contributed by atoms with van der Waals surface area (Å²) in [5.74, 6) is -0.106. The molecule has 0 bridgehead atoms. The van der Waals surface area contributed by atoms with Crippen molar-refractivity contribution in [1.29, 1.82) is 0 Å². The van der Waals surface area contributed by atoms with Gasteiger partial charge in [0.15, 0.2) is 5.71 Å². The number of unbranched alkanes of at least 4 members (excludes halogenated alkanes) is 2.